The molecule has 2 aromatic rings. The molecule has 4 N–H and O–H groups in total. The number of aliphatic hydroxyl groups is 1. The maximum Gasteiger partial charge on any atom is 0.407 e. The third kappa shape index (κ3) is 9.18. The summed E-state index contributed by atoms with van der Waals surface area (Å²) in [6, 6.07) is 17.3. The molecule has 45 heavy (non-hydrogen) atoms. The van der Waals surface area contributed by atoms with Crippen molar-refractivity contribution < 1.29 is 38.4 Å². The van der Waals surface area contributed by atoms with Gasteiger partial charge in [-0.05, 0) is 55.6 Å². The van der Waals surface area contributed by atoms with Crippen molar-refractivity contribution in [1.29, 1.82) is 0 Å². The van der Waals surface area contributed by atoms with Crippen LogP contribution in [0.15, 0.2) is 60.7 Å². The molecule has 11 nitrogen and oxygen atoms in total. The zero-order valence-electron chi connectivity index (χ0n) is 25.8. The number of hydrogen-bond acceptors (Lipinski definition) is 8. The predicted molar refractivity (Wildman–Crippen MR) is 165 cm³/mol. The summed E-state index contributed by atoms with van der Waals surface area (Å²) in [4.78, 5) is 39.0. The molecule has 5 rings (SSSR count). The predicted octanol–water partition coefficient (Wildman–Crippen LogP) is 3.48. The highest BCUT2D eigenvalue weighted by atomic mass is 16.7. The van der Waals surface area contributed by atoms with Crippen LogP contribution < -0.4 is 16.0 Å². The van der Waals surface area contributed by atoms with Gasteiger partial charge in [0.2, 0.25) is 5.91 Å². The maximum atomic E-state index is 13.7. The molecule has 11 heteroatoms. The molecule has 2 aliphatic heterocycles. The summed E-state index contributed by atoms with van der Waals surface area (Å²) in [6.07, 6.45) is 2.29. The van der Waals surface area contributed by atoms with E-state index in [0.717, 1.165) is 43.2 Å². The summed E-state index contributed by atoms with van der Waals surface area (Å²) in [6.45, 7) is 0.854. The van der Waals surface area contributed by atoms with Crippen LogP contribution in [-0.4, -0.2) is 80.1 Å². The molecule has 3 aliphatic rings. The van der Waals surface area contributed by atoms with Crippen LogP contribution in [0.1, 0.15) is 49.7 Å². The first-order valence-electron chi connectivity index (χ1n) is 16.0. The Morgan fingerprint density at radius 3 is 2.20 bits per heavy atom. The Kier molecular flexibility index (Phi) is 11.7. The summed E-state index contributed by atoms with van der Waals surface area (Å²) in [5, 5.41) is 20.4. The van der Waals surface area contributed by atoms with E-state index >= 15 is 0 Å². The highest BCUT2D eigenvalue weighted by Gasteiger charge is 2.44. The number of methoxy groups -OCH3 is 1. The Morgan fingerprint density at radius 2 is 1.53 bits per heavy atom. The second kappa shape index (κ2) is 16.1. The molecule has 2 saturated heterocycles. The third-order valence-corrected chi connectivity index (χ3v) is 9.12. The molecular weight excluding hydrogens is 578 g/mol. The number of carbonyl (C=O) groups is 3. The van der Waals surface area contributed by atoms with Gasteiger partial charge in [-0.1, -0.05) is 73.5 Å². The Balaban J connectivity index is 1.30. The van der Waals surface area contributed by atoms with Crippen molar-refractivity contribution in [2.75, 3.05) is 20.3 Å². The van der Waals surface area contributed by atoms with E-state index in [0.29, 0.717) is 19.4 Å². The minimum Gasteiger partial charge on any atom is -0.453 e. The highest BCUT2D eigenvalue weighted by Crippen LogP contribution is 2.33. The number of alkyl carbamates (subject to hydrolysis) is 2. The third-order valence-electron chi connectivity index (χ3n) is 9.12. The summed E-state index contributed by atoms with van der Waals surface area (Å²) in [5.74, 6) is -0.384. The minimum atomic E-state index is -1.03. The average Bonchev–Trinajstić information content (AvgIpc) is 3.81. The van der Waals surface area contributed by atoms with Crippen LogP contribution >= 0.6 is 0 Å². The fraction of sp³-hybridized carbons (Fsp3) is 0.559. The van der Waals surface area contributed by atoms with Gasteiger partial charge in [0.15, 0.2) is 6.29 Å². The lowest BCUT2D eigenvalue weighted by atomic mass is 9.92. The normalized spacial score (nSPS) is 23.7. The van der Waals surface area contributed by atoms with E-state index in [4.69, 9.17) is 18.9 Å². The van der Waals surface area contributed by atoms with Crippen molar-refractivity contribution >= 4 is 18.1 Å². The second-order valence-corrected chi connectivity index (χ2v) is 12.3. The SMILES string of the molecule is COC(=O)N[C@H](C(=O)N[C@@H](Cc1ccccc1)[C@@H](O)C[C@H](Cc1ccccc1)NC(=O)O[C@H]1CO[C@H]2OCC[C@H]21)C1CCCC1. The first-order valence-corrected chi connectivity index (χ1v) is 16.0. The van der Waals surface area contributed by atoms with Gasteiger partial charge in [0, 0.05) is 6.04 Å². The van der Waals surface area contributed by atoms with E-state index in [1.165, 1.54) is 7.11 Å². The maximum absolute atomic E-state index is 13.7. The molecule has 3 amide bonds. The van der Waals surface area contributed by atoms with Crippen LogP contribution in [0, 0.1) is 11.8 Å². The van der Waals surface area contributed by atoms with Crippen molar-refractivity contribution in [3.63, 3.8) is 0 Å². The highest BCUT2D eigenvalue weighted by molar-refractivity contribution is 5.86. The second-order valence-electron chi connectivity index (χ2n) is 12.3. The van der Waals surface area contributed by atoms with Gasteiger partial charge in [0.25, 0.3) is 0 Å². The molecule has 244 valence electrons. The number of carbonyl (C=O) groups excluding carboxylic acids is 3. The summed E-state index contributed by atoms with van der Waals surface area (Å²) in [5.41, 5.74) is 1.91. The smallest absolute Gasteiger partial charge is 0.407 e. The number of fused-ring (bicyclic) bond motifs is 1. The molecule has 0 unspecified atom stereocenters. The lowest BCUT2D eigenvalue weighted by Gasteiger charge is -2.31. The summed E-state index contributed by atoms with van der Waals surface area (Å²) < 4.78 is 21.8. The number of aliphatic hydroxyl groups excluding tert-OH is 1. The topological polar surface area (TPSA) is 144 Å². The monoisotopic (exact) mass is 623 g/mol. The molecule has 2 heterocycles. The van der Waals surface area contributed by atoms with E-state index in [1.54, 1.807) is 0 Å². The van der Waals surface area contributed by atoms with Gasteiger partial charge in [0.1, 0.15) is 12.1 Å². The van der Waals surface area contributed by atoms with Gasteiger partial charge in [-0.25, -0.2) is 9.59 Å². The van der Waals surface area contributed by atoms with Crippen molar-refractivity contribution in [3.8, 4) is 0 Å². The minimum absolute atomic E-state index is 0.00536. The molecular formula is C34H45N3O8. The zero-order chi connectivity index (χ0) is 31.6. The molecule has 1 aliphatic carbocycles. The van der Waals surface area contributed by atoms with Crippen LogP contribution in [0.4, 0.5) is 9.59 Å². The molecule has 2 aromatic carbocycles. The van der Waals surface area contributed by atoms with Gasteiger partial charge in [-0.15, -0.1) is 0 Å². The Bertz CT molecular complexity index is 1240. The fourth-order valence-electron chi connectivity index (χ4n) is 6.73. The Morgan fingerprint density at radius 1 is 0.867 bits per heavy atom. The summed E-state index contributed by atoms with van der Waals surface area (Å²) in [7, 11) is 1.27. The number of rotatable bonds is 13. The van der Waals surface area contributed by atoms with Crippen LogP contribution in [0.3, 0.4) is 0 Å². The number of benzene rings is 2. The quantitative estimate of drug-likeness (QED) is 0.266. The zero-order valence-corrected chi connectivity index (χ0v) is 25.8. The van der Waals surface area contributed by atoms with E-state index in [2.05, 4.69) is 16.0 Å². The average molecular weight is 624 g/mol. The van der Waals surface area contributed by atoms with Crippen LogP contribution in [0.25, 0.3) is 0 Å². The van der Waals surface area contributed by atoms with Gasteiger partial charge in [-0.3, -0.25) is 4.79 Å². The van der Waals surface area contributed by atoms with E-state index < -0.39 is 42.5 Å². The Hall–Kier alpha value is -3.67. The molecule has 0 bridgehead atoms. The lowest BCUT2D eigenvalue weighted by molar-refractivity contribution is -0.126. The largest absolute Gasteiger partial charge is 0.453 e. The van der Waals surface area contributed by atoms with Crippen molar-refractivity contribution in [2.24, 2.45) is 11.8 Å². The molecule has 0 aromatic heterocycles. The Labute approximate surface area is 264 Å². The molecule has 0 spiro atoms. The van der Waals surface area contributed by atoms with Crippen molar-refractivity contribution in [2.45, 2.75) is 88.0 Å². The van der Waals surface area contributed by atoms with Crippen molar-refractivity contribution in [3.05, 3.63) is 71.8 Å². The van der Waals surface area contributed by atoms with E-state index in [-0.39, 0.29) is 37.1 Å². The van der Waals surface area contributed by atoms with Crippen LogP contribution in [-0.2, 0) is 36.6 Å². The number of nitrogens with one attached hydrogen (secondary N) is 3. The number of hydrogen-bond donors (Lipinski definition) is 4. The first kappa shape index (κ1) is 32.7. The lowest BCUT2D eigenvalue weighted by Crippen LogP contribution is -2.56. The van der Waals surface area contributed by atoms with Gasteiger partial charge >= 0.3 is 12.2 Å². The van der Waals surface area contributed by atoms with Gasteiger partial charge in [0.05, 0.1) is 38.4 Å². The number of amides is 3. The fourth-order valence-corrected chi connectivity index (χ4v) is 6.73. The summed E-state index contributed by atoms with van der Waals surface area (Å²) >= 11 is 0. The molecule has 7 atom stereocenters. The molecule has 0 radical (unpaired) electrons. The first-order chi connectivity index (χ1) is 21.9. The van der Waals surface area contributed by atoms with Crippen molar-refractivity contribution in [1.82, 2.24) is 16.0 Å². The van der Waals surface area contributed by atoms with E-state index in [9.17, 15) is 19.5 Å². The standard InChI is InChI=1S/C34H45N3O8/c1-42-33(40)37-30(24-14-8-9-15-24)31(39)36-27(19-23-12-6-3-7-13-23)28(38)20-25(18-22-10-4-2-5-11-22)35-34(41)45-29-21-44-32-26(29)16-17-43-32/h2-7,10-13,24-30,32,38H,8-9,14-21H2,1H3,(H,35,41)(H,36,39)(H,37,40)/t25-,26-,27-,28-,29-,30-,32+/m0/s1. The molecule has 3 fully saturated rings. The number of ether oxygens (including phenoxy) is 4. The van der Waals surface area contributed by atoms with Gasteiger partial charge < -0.3 is 40.0 Å². The van der Waals surface area contributed by atoms with Gasteiger partial charge in [-0.2, -0.15) is 0 Å². The van der Waals surface area contributed by atoms with Crippen LogP contribution in [0.5, 0.6) is 0 Å². The van der Waals surface area contributed by atoms with E-state index in [1.807, 2.05) is 60.7 Å². The van der Waals surface area contributed by atoms with Crippen LogP contribution in [0.2, 0.25) is 0 Å². The molecule has 1 saturated carbocycles.